The molecule has 1 amide bonds. The third-order valence-corrected chi connectivity index (χ3v) is 4.00. The highest BCUT2D eigenvalue weighted by Gasteiger charge is 2.17. The van der Waals surface area contributed by atoms with Gasteiger partial charge in [-0.05, 0) is 52.2 Å². The third-order valence-electron chi connectivity index (χ3n) is 3.33. The summed E-state index contributed by atoms with van der Waals surface area (Å²) in [6.07, 6.45) is 0.834. The number of carbonyl (C=O) groups excluding carboxylic acids is 2. The average molecular weight is 407 g/mol. The largest absolute Gasteiger partial charge is 0.452 e. The van der Waals surface area contributed by atoms with Crippen molar-refractivity contribution < 1.29 is 19.2 Å². The first-order valence-electron chi connectivity index (χ1n) is 7.40. The lowest BCUT2D eigenvalue weighted by Crippen LogP contribution is -2.21. The predicted octanol–water partition coefficient (Wildman–Crippen LogP) is 3.72. The molecule has 130 valence electrons. The number of hydrogen-bond acceptors (Lipinski definition) is 5. The van der Waals surface area contributed by atoms with E-state index in [0.29, 0.717) is 5.69 Å². The number of benzene rings is 2. The number of nitro groups is 1. The number of hydrogen-bond donors (Lipinski definition) is 1. The van der Waals surface area contributed by atoms with Gasteiger partial charge in [-0.25, -0.2) is 4.79 Å². The first-order chi connectivity index (χ1) is 11.9. The van der Waals surface area contributed by atoms with Crippen molar-refractivity contribution in [2.24, 2.45) is 0 Å². The molecular weight excluding hydrogens is 392 g/mol. The first-order valence-corrected chi connectivity index (χ1v) is 8.20. The molecule has 0 atom stereocenters. The van der Waals surface area contributed by atoms with Gasteiger partial charge in [0.15, 0.2) is 6.61 Å². The molecule has 7 nitrogen and oxygen atoms in total. The molecule has 0 bridgehead atoms. The molecular formula is C17H15BrN2O5. The Labute approximate surface area is 152 Å². The number of nitrogens with zero attached hydrogens (tertiary/aromatic N) is 1. The van der Waals surface area contributed by atoms with Crippen molar-refractivity contribution in [2.45, 2.75) is 13.3 Å². The molecule has 8 heteroatoms. The minimum atomic E-state index is -0.812. The van der Waals surface area contributed by atoms with E-state index in [9.17, 15) is 19.7 Å². The van der Waals surface area contributed by atoms with Crippen LogP contribution in [0.4, 0.5) is 11.4 Å². The summed E-state index contributed by atoms with van der Waals surface area (Å²) < 4.78 is 5.16. The zero-order valence-corrected chi connectivity index (χ0v) is 14.9. The fourth-order valence-electron chi connectivity index (χ4n) is 2.06. The monoisotopic (exact) mass is 406 g/mol. The Morgan fingerprint density at radius 1 is 1.24 bits per heavy atom. The van der Waals surface area contributed by atoms with Crippen molar-refractivity contribution >= 4 is 39.2 Å². The van der Waals surface area contributed by atoms with Gasteiger partial charge in [-0.15, -0.1) is 0 Å². The highest BCUT2D eigenvalue weighted by molar-refractivity contribution is 9.10. The van der Waals surface area contributed by atoms with Crippen LogP contribution in [0.2, 0.25) is 0 Å². The number of aryl methyl sites for hydroxylation is 1. The number of carbonyl (C=O) groups is 2. The molecule has 0 saturated carbocycles. The normalized spacial score (nSPS) is 10.2. The van der Waals surface area contributed by atoms with Crippen molar-refractivity contribution in [3.63, 3.8) is 0 Å². The minimum absolute atomic E-state index is 0.00400. The molecule has 0 aliphatic heterocycles. The number of halogens is 1. The van der Waals surface area contributed by atoms with Crippen LogP contribution in [0.1, 0.15) is 22.8 Å². The van der Waals surface area contributed by atoms with Crippen molar-refractivity contribution in [1.29, 1.82) is 0 Å². The summed E-state index contributed by atoms with van der Waals surface area (Å²) in [6.45, 7) is 1.51. The summed E-state index contributed by atoms with van der Waals surface area (Å²) >= 11 is 3.03. The van der Waals surface area contributed by atoms with E-state index in [1.165, 1.54) is 12.1 Å². The lowest BCUT2D eigenvalue weighted by atomic mass is 10.1. The Morgan fingerprint density at radius 3 is 2.68 bits per heavy atom. The Balaban J connectivity index is 1.96. The molecule has 0 spiro atoms. The molecule has 0 aliphatic rings. The first kappa shape index (κ1) is 18.6. The fourth-order valence-corrected chi connectivity index (χ4v) is 2.45. The molecule has 25 heavy (non-hydrogen) atoms. The van der Waals surface area contributed by atoms with Gasteiger partial charge >= 0.3 is 5.97 Å². The molecule has 0 radical (unpaired) electrons. The molecule has 0 aromatic heterocycles. The number of esters is 1. The third kappa shape index (κ3) is 5.12. The Kier molecular flexibility index (Phi) is 6.24. The van der Waals surface area contributed by atoms with Gasteiger partial charge in [-0.1, -0.05) is 19.1 Å². The Bertz CT molecular complexity index is 822. The molecule has 2 aromatic rings. The standard InChI is InChI=1S/C17H15BrN2O5/c1-2-11-4-3-5-13(8-11)19-16(21)10-25-17(22)12-6-7-14(18)15(9-12)20(23)24/h3-9H,2,10H2,1H3,(H,19,21). The average Bonchev–Trinajstić information content (AvgIpc) is 2.60. The van der Waals surface area contributed by atoms with Crippen LogP contribution in [0.15, 0.2) is 46.9 Å². The molecule has 0 unspecified atom stereocenters. The van der Waals surface area contributed by atoms with Gasteiger partial charge in [-0.3, -0.25) is 14.9 Å². The molecule has 2 aromatic carbocycles. The SMILES string of the molecule is CCc1cccc(NC(=O)COC(=O)c2ccc(Br)c([N+](=O)[O-])c2)c1. The van der Waals surface area contributed by atoms with E-state index in [2.05, 4.69) is 21.2 Å². The van der Waals surface area contributed by atoms with Crippen LogP contribution in [0.5, 0.6) is 0 Å². The van der Waals surface area contributed by atoms with Crippen molar-refractivity contribution in [3.05, 3.63) is 68.2 Å². The van der Waals surface area contributed by atoms with Gasteiger partial charge in [0.1, 0.15) is 0 Å². The summed E-state index contributed by atoms with van der Waals surface area (Å²) in [5.74, 6) is -1.30. The Morgan fingerprint density at radius 2 is 2.00 bits per heavy atom. The Hall–Kier alpha value is -2.74. The van der Waals surface area contributed by atoms with E-state index in [-0.39, 0.29) is 15.7 Å². The second kappa shape index (κ2) is 8.39. The van der Waals surface area contributed by atoms with Crippen LogP contribution in [0.25, 0.3) is 0 Å². The minimum Gasteiger partial charge on any atom is -0.452 e. The maximum absolute atomic E-state index is 11.9. The quantitative estimate of drug-likeness (QED) is 0.447. The van der Waals surface area contributed by atoms with Gasteiger partial charge in [0.25, 0.3) is 11.6 Å². The van der Waals surface area contributed by atoms with Gasteiger partial charge in [0.2, 0.25) is 0 Å². The highest BCUT2D eigenvalue weighted by atomic mass is 79.9. The summed E-state index contributed by atoms with van der Waals surface area (Å²) in [6, 6.07) is 11.2. The van der Waals surface area contributed by atoms with Crippen molar-refractivity contribution in [1.82, 2.24) is 0 Å². The number of ether oxygens (including phenoxy) is 1. The van der Waals surface area contributed by atoms with E-state index in [1.54, 1.807) is 6.07 Å². The second-order valence-electron chi connectivity index (χ2n) is 5.10. The van der Waals surface area contributed by atoms with E-state index in [1.807, 2.05) is 25.1 Å². The molecule has 2 rings (SSSR count). The summed E-state index contributed by atoms with van der Waals surface area (Å²) in [5.41, 5.74) is 1.42. The van der Waals surface area contributed by atoms with Gasteiger partial charge in [-0.2, -0.15) is 0 Å². The number of nitro benzene ring substituents is 1. The molecule has 0 fully saturated rings. The van der Waals surface area contributed by atoms with Gasteiger partial charge in [0, 0.05) is 11.8 Å². The summed E-state index contributed by atoms with van der Waals surface area (Å²) in [4.78, 5) is 34.1. The van der Waals surface area contributed by atoms with Crippen molar-refractivity contribution in [3.8, 4) is 0 Å². The smallest absolute Gasteiger partial charge is 0.338 e. The van der Waals surface area contributed by atoms with Crippen LogP contribution in [-0.4, -0.2) is 23.4 Å². The zero-order chi connectivity index (χ0) is 18.4. The lowest BCUT2D eigenvalue weighted by Gasteiger charge is -2.08. The second-order valence-corrected chi connectivity index (χ2v) is 5.96. The van der Waals surface area contributed by atoms with E-state index < -0.39 is 23.4 Å². The number of rotatable bonds is 6. The topological polar surface area (TPSA) is 98.5 Å². The van der Waals surface area contributed by atoms with Crippen LogP contribution in [0, 0.1) is 10.1 Å². The number of amides is 1. The van der Waals surface area contributed by atoms with Crippen LogP contribution in [0.3, 0.4) is 0 Å². The van der Waals surface area contributed by atoms with E-state index >= 15 is 0 Å². The van der Waals surface area contributed by atoms with Crippen LogP contribution >= 0.6 is 15.9 Å². The molecule has 1 N–H and O–H groups in total. The van der Waals surface area contributed by atoms with Crippen molar-refractivity contribution in [2.75, 3.05) is 11.9 Å². The number of nitrogens with one attached hydrogen (secondary N) is 1. The number of anilines is 1. The highest BCUT2D eigenvalue weighted by Crippen LogP contribution is 2.25. The molecule has 0 saturated heterocycles. The summed E-state index contributed by atoms with van der Waals surface area (Å²) in [7, 11) is 0. The maximum atomic E-state index is 11.9. The lowest BCUT2D eigenvalue weighted by molar-refractivity contribution is -0.385. The maximum Gasteiger partial charge on any atom is 0.338 e. The van der Waals surface area contributed by atoms with Gasteiger partial charge in [0.05, 0.1) is 15.0 Å². The van der Waals surface area contributed by atoms with E-state index in [0.717, 1.165) is 18.1 Å². The predicted molar refractivity (Wildman–Crippen MR) is 95.5 cm³/mol. The van der Waals surface area contributed by atoms with Crippen LogP contribution in [-0.2, 0) is 16.0 Å². The molecule has 0 aliphatic carbocycles. The van der Waals surface area contributed by atoms with E-state index in [4.69, 9.17) is 4.74 Å². The molecule has 0 heterocycles. The fraction of sp³-hybridized carbons (Fsp3) is 0.176. The van der Waals surface area contributed by atoms with Gasteiger partial charge < -0.3 is 10.1 Å². The zero-order valence-electron chi connectivity index (χ0n) is 13.3. The van der Waals surface area contributed by atoms with Crippen LogP contribution < -0.4 is 5.32 Å². The summed E-state index contributed by atoms with van der Waals surface area (Å²) in [5, 5.41) is 13.5.